The molecule has 1 nitrogen and oxygen atoms in total. The van der Waals surface area contributed by atoms with Crippen LogP contribution in [0.4, 0.5) is 5.69 Å². The van der Waals surface area contributed by atoms with E-state index in [1.807, 2.05) is 42.5 Å². The van der Waals surface area contributed by atoms with E-state index in [-0.39, 0.29) is 5.50 Å². The van der Waals surface area contributed by atoms with E-state index in [0.717, 1.165) is 17.8 Å². The van der Waals surface area contributed by atoms with Crippen LogP contribution < -0.4 is 4.90 Å². The van der Waals surface area contributed by atoms with Gasteiger partial charge in [0.15, 0.2) is 0 Å². The average Bonchev–Trinajstić information content (AvgIpc) is 2.61. The first-order valence-corrected chi connectivity index (χ1v) is 7.83. The van der Waals surface area contributed by atoms with Gasteiger partial charge in [-0.05, 0) is 23.3 Å². The quantitative estimate of drug-likeness (QED) is 0.436. The Hall–Kier alpha value is -2.25. The van der Waals surface area contributed by atoms with Crippen molar-refractivity contribution in [2.45, 2.75) is 12.0 Å². The molecule has 3 aromatic rings. The van der Waals surface area contributed by atoms with Gasteiger partial charge in [-0.25, -0.2) is 0 Å². The van der Waals surface area contributed by atoms with Crippen LogP contribution in [0.25, 0.3) is 0 Å². The summed E-state index contributed by atoms with van der Waals surface area (Å²) in [7, 11) is 0. The average molecular weight is 308 g/mol. The highest BCUT2D eigenvalue weighted by Gasteiger charge is 2.18. The molecule has 3 aromatic carbocycles. The van der Waals surface area contributed by atoms with Crippen LogP contribution in [0.2, 0.25) is 0 Å². The molecule has 3 rings (SSSR count). The minimum atomic E-state index is -0.205. The van der Waals surface area contributed by atoms with Crippen LogP contribution in [0.1, 0.15) is 16.6 Å². The molecule has 2 heteroatoms. The van der Waals surface area contributed by atoms with Crippen LogP contribution in [0.3, 0.4) is 0 Å². The Morgan fingerprint density at radius 1 is 0.682 bits per heavy atom. The zero-order valence-corrected chi connectivity index (χ0v) is 13.0. The molecule has 0 bridgehead atoms. The summed E-state index contributed by atoms with van der Waals surface area (Å²) < 4.78 is 0. The molecular formula is C20H18ClN. The summed E-state index contributed by atoms with van der Waals surface area (Å²) in [5.74, 6) is 0. The topological polar surface area (TPSA) is 3.24 Å². The predicted molar refractivity (Wildman–Crippen MR) is 94.1 cm³/mol. The van der Waals surface area contributed by atoms with E-state index in [4.69, 9.17) is 11.6 Å². The number of hydrogen-bond acceptors (Lipinski definition) is 1. The zero-order valence-electron chi connectivity index (χ0n) is 12.3. The number of para-hydroxylation sites is 1. The molecule has 0 aliphatic carbocycles. The number of benzene rings is 3. The van der Waals surface area contributed by atoms with E-state index in [0.29, 0.717) is 0 Å². The number of rotatable bonds is 5. The summed E-state index contributed by atoms with van der Waals surface area (Å²) in [5.41, 5.74) is 3.26. The van der Waals surface area contributed by atoms with Crippen LogP contribution in [-0.2, 0) is 6.54 Å². The second kappa shape index (κ2) is 7.15. The maximum absolute atomic E-state index is 6.78. The second-order valence-electron chi connectivity index (χ2n) is 5.20. The molecule has 0 aliphatic heterocycles. The summed E-state index contributed by atoms with van der Waals surface area (Å²) in [6.07, 6.45) is 0. The van der Waals surface area contributed by atoms with Crippen molar-refractivity contribution in [3.05, 3.63) is 102 Å². The number of halogens is 1. The molecule has 0 radical (unpaired) electrons. The molecule has 0 heterocycles. The lowest BCUT2D eigenvalue weighted by Gasteiger charge is -2.30. The fourth-order valence-electron chi connectivity index (χ4n) is 2.49. The van der Waals surface area contributed by atoms with Gasteiger partial charge in [0.1, 0.15) is 5.50 Å². The lowest BCUT2D eigenvalue weighted by atomic mass is 10.1. The van der Waals surface area contributed by atoms with Gasteiger partial charge in [-0.3, -0.25) is 0 Å². The number of anilines is 1. The van der Waals surface area contributed by atoms with E-state index in [1.165, 1.54) is 5.56 Å². The van der Waals surface area contributed by atoms with Gasteiger partial charge in [0.25, 0.3) is 0 Å². The molecule has 22 heavy (non-hydrogen) atoms. The van der Waals surface area contributed by atoms with Gasteiger partial charge in [0.05, 0.1) is 0 Å². The SMILES string of the molecule is ClC(c1ccccc1)N(Cc1ccccc1)c1ccccc1. The van der Waals surface area contributed by atoms with E-state index in [9.17, 15) is 0 Å². The van der Waals surface area contributed by atoms with Crippen LogP contribution in [0.15, 0.2) is 91.0 Å². The third-order valence-corrected chi connectivity index (χ3v) is 4.12. The smallest absolute Gasteiger partial charge is 0.130 e. The Morgan fingerprint density at radius 2 is 1.18 bits per heavy atom. The maximum Gasteiger partial charge on any atom is 0.130 e. The lowest BCUT2D eigenvalue weighted by Crippen LogP contribution is -2.24. The van der Waals surface area contributed by atoms with Crippen molar-refractivity contribution in [1.82, 2.24) is 0 Å². The van der Waals surface area contributed by atoms with Crippen LogP contribution >= 0.6 is 11.6 Å². The molecule has 0 spiro atoms. The molecule has 0 aromatic heterocycles. The fraction of sp³-hybridized carbons (Fsp3) is 0.100. The molecule has 0 saturated heterocycles. The van der Waals surface area contributed by atoms with Gasteiger partial charge in [0.2, 0.25) is 0 Å². The third-order valence-electron chi connectivity index (χ3n) is 3.63. The Balaban J connectivity index is 1.93. The van der Waals surface area contributed by atoms with Crippen molar-refractivity contribution in [1.29, 1.82) is 0 Å². The summed E-state index contributed by atoms with van der Waals surface area (Å²) in [4.78, 5) is 2.21. The first-order valence-electron chi connectivity index (χ1n) is 7.39. The summed E-state index contributed by atoms with van der Waals surface area (Å²) in [6.45, 7) is 0.772. The fourth-order valence-corrected chi connectivity index (χ4v) is 2.82. The van der Waals surface area contributed by atoms with Gasteiger partial charge in [-0.2, -0.15) is 0 Å². The predicted octanol–water partition coefficient (Wildman–Crippen LogP) is 5.63. The minimum absolute atomic E-state index is 0.205. The first-order chi connectivity index (χ1) is 10.8. The highest BCUT2D eigenvalue weighted by atomic mass is 35.5. The molecule has 110 valence electrons. The zero-order chi connectivity index (χ0) is 15.2. The van der Waals surface area contributed by atoms with E-state index >= 15 is 0 Å². The highest BCUT2D eigenvalue weighted by Crippen LogP contribution is 2.31. The maximum atomic E-state index is 6.78. The van der Waals surface area contributed by atoms with Gasteiger partial charge in [-0.15, -0.1) is 0 Å². The molecule has 0 N–H and O–H groups in total. The molecule has 1 unspecified atom stereocenters. The van der Waals surface area contributed by atoms with Crippen LogP contribution in [0, 0.1) is 0 Å². The molecule has 0 aliphatic rings. The Bertz CT molecular complexity index is 683. The normalized spacial score (nSPS) is 11.9. The Morgan fingerprint density at radius 3 is 1.77 bits per heavy atom. The number of nitrogens with zero attached hydrogens (tertiary/aromatic N) is 1. The van der Waals surface area contributed by atoms with Crippen molar-refractivity contribution in [2.75, 3.05) is 4.90 Å². The van der Waals surface area contributed by atoms with Gasteiger partial charge < -0.3 is 4.90 Å². The van der Waals surface area contributed by atoms with Crippen molar-refractivity contribution in [3.63, 3.8) is 0 Å². The summed E-state index contributed by atoms with van der Waals surface area (Å²) in [5, 5.41) is 0. The molecule has 0 fully saturated rings. The van der Waals surface area contributed by atoms with Gasteiger partial charge in [-0.1, -0.05) is 90.5 Å². The van der Waals surface area contributed by atoms with Crippen molar-refractivity contribution in [2.24, 2.45) is 0 Å². The highest BCUT2D eigenvalue weighted by molar-refractivity contribution is 6.22. The molecular weight excluding hydrogens is 290 g/mol. The standard InChI is InChI=1S/C20H18ClN/c21-20(18-12-6-2-7-13-18)22(19-14-8-3-9-15-19)16-17-10-4-1-5-11-17/h1-15,20H,16H2. The van der Waals surface area contributed by atoms with E-state index in [2.05, 4.69) is 53.4 Å². The summed E-state index contributed by atoms with van der Waals surface area (Å²) in [6, 6.07) is 30.9. The van der Waals surface area contributed by atoms with Crippen LogP contribution in [0.5, 0.6) is 0 Å². The number of hydrogen-bond donors (Lipinski definition) is 0. The Labute approximate surface area is 136 Å². The van der Waals surface area contributed by atoms with Crippen molar-refractivity contribution >= 4 is 17.3 Å². The Kier molecular flexibility index (Phi) is 4.77. The van der Waals surface area contributed by atoms with Gasteiger partial charge in [0, 0.05) is 12.2 Å². The minimum Gasteiger partial charge on any atom is -0.347 e. The van der Waals surface area contributed by atoms with E-state index in [1.54, 1.807) is 0 Å². The van der Waals surface area contributed by atoms with Crippen molar-refractivity contribution in [3.8, 4) is 0 Å². The summed E-state index contributed by atoms with van der Waals surface area (Å²) >= 11 is 6.78. The molecule has 0 saturated carbocycles. The number of alkyl halides is 1. The first kappa shape index (κ1) is 14.7. The largest absolute Gasteiger partial charge is 0.347 e. The lowest BCUT2D eigenvalue weighted by molar-refractivity contribution is 0.775. The van der Waals surface area contributed by atoms with E-state index < -0.39 is 0 Å². The second-order valence-corrected chi connectivity index (χ2v) is 5.61. The molecule has 1 atom stereocenters. The third kappa shape index (κ3) is 3.49. The monoisotopic (exact) mass is 307 g/mol. The van der Waals surface area contributed by atoms with Gasteiger partial charge >= 0.3 is 0 Å². The van der Waals surface area contributed by atoms with Crippen LogP contribution in [-0.4, -0.2) is 0 Å². The molecule has 0 amide bonds. The van der Waals surface area contributed by atoms with Crippen molar-refractivity contribution < 1.29 is 0 Å².